The Kier molecular flexibility index (Phi) is 7.95. The van der Waals surface area contributed by atoms with E-state index >= 15 is 0 Å². The number of aryl methyl sites for hydroxylation is 1. The molecule has 8 heteroatoms. The monoisotopic (exact) mass is 475 g/mol. The second kappa shape index (κ2) is 10.2. The number of nitrogens with one attached hydrogen (secondary N) is 1. The summed E-state index contributed by atoms with van der Waals surface area (Å²) in [7, 11) is 0. The minimum absolute atomic E-state index is 0.0344. The minimum atomic E-state index is -0.919. The van der Waals surface area contributed by atoms with Gasteiger partial charge in [-0.15, -0.1) is 0 Å². The summed E-state index contributed by atoms with van der Waals surface area (Å²) in [6, 6.07) is 7.86. The number of aromatic nitrogens is 1. The number of halogens is 2. The highest BCUT2D eigenvalue weighted by Gasteiger charge is 2.16. The number of rotatable bonds is 7. The van der Waals surface area contributed by atoms with Crippen LogP contribution in [0.2, 0.25) is 0 Å². The summed E-state index contributed by atoms with van der Waals surface area (Å²) < 4.78 is 21.4. The molecule has 0 bridgehead atoms. The topological polar surface area (TPSA) is 84.1 Å². The van der Waals surface area contributed by atoms with Crippen LogP contribution in [0.25, 0.3) is 6.08 Å². The lowest BCUT2D eigenvalue weighted by Gasteiger charge is -2.12. The molecule has 0 aliphatic rings. The molecule has 158 valence electrons. The van der Waals surface area contributed by atoms with Crippen molar-refractivity contribution < 1.29 is 18.7 Å². The van der Waals surface area contributed by atoms with Gasteiger partial charge in [0.05, 0.1) is 5.69 Å². The van der Waals surface area contributed by atoms with Crippen molar-refractivity contribution in [3.8, 4) is 6.07 Å². The predicted molar refractivity (Wildman–Crippen MR) is 116 cm³/mol. The number of carbonyl (C=O) groups excluding carboxylic acids is 2. The fraction of sp³-hybridized carbons (Fsp3) is 0.318. The van der Waals surface area contributed by atoms with E-state index in [9.17, 15) is 19.2 Å². The second-order valence-corrected chi connectivity index (χ2v) is 8.16. The molecule has 0 unspecified atom stereocenters. The average Bonchev–Trinajstić information content (AvgIpc) is 2.93. The molecule has 0 aliphatic carbocycles. The number of esters is 1. The van der Waals surface area contributed by atoms with Crippen LogP contribution in [0.1, 0.15) is 30.8 Å². The molecular weight excluding hydrogens is 453 g/mol. The summed E-state index contributed by atoms with van der Waals surface area (Å²) in [5.41, 5.74) is 2.44. The zero-order valence-corrected chi connectivity index (χ0v) is 18.8. The fourth-order valence-electron chi connectivity index (χ4n) is 2.90. The fourth-order valence-corrected chi connectivity index (χ4v) is 3.23. The van der Waals surface area contributed by atoms with E-state index < -0.39 is 24.3 Å². The van der Waals surface area contributed by atoms with Gasteiger partial charge in [0.25, 0.3) is 5.91 Å². The standard InChI is InChI=1S/C22H23BrFN3O3/c1-13(2)11-27-14(3)7-16(15(27)4)8-17(10-25)22(29)30-12-21(28)26-20-6-5-18(23)9-19(20)24/h5-9,13H,11-12H2,1-4H3,(H,26,28). The first kappa shape index (κ1) is 23.4. The van der Waals surface area contributed by atoms with Crippen LogP contribution < -0.4 is 5.32 Å². The van der Waals surface area contributed by atoms with Crippen LogP contribution in [0.15, 0.2) is 34.3 Å². The Labute approximate surface area is 183 Å². The molecule has 0 spiro atoms. The number of nitriles is 1. The normalized spacial score (nSPS) is 11.3. The molecule has 1 heterocycles. The molecule has 0 saturated heterocycles. The molecule has 1 aromatic carbocycles. The zero-order chi connectivity index (χ0) is 22.4. The molecule has 6 nitrogen and oxygen atoms in total. The molecule has 1 aromatic heterocycles. The van der Waals surface area contributed by atoms with Crippen molar-refractivity contribution in [2.75, 3.05) is 11.9 Å². The third-order valence-corrected chi connectivity index (χ3v) is 4.83. The van der Waals surface area contributed by atoms with Gasteiger partial charge in [-0.05, 0) is 55.7 Å². The molecule has 0 aliphatic heterocycles. The Hall–Kier alpha value is -2.92. The van der Waals surface area contributed by atoms with Gasteiger partial charge in [0.15, 0.2) is 6.61 Å². The van der Waals surface area contributed by atoms with Gasteiger partial charge < -0.3 is 14.6 Å². The highest BCUT2D eigenvalue weighted by atomic mass is 79.9. The number of nitrogens with zero attached hydrogens (tertiary/aromatic N) is 2. The van der Waals surface area contributed by atoms with Gasteiger partial charge in [-0.25, -0.2) is 9.18 Å². The van der Waals surface area contributed by atoms with Gasteiger partial charge in [-0.2, -0.15) is 5.26 Å². The molecular formula is C22H23BrFN3O3. The molecule has 1 N–H and O–H groups in total. The Bertz CT molecular complexity index is 1030. The van der Waals surface area contributed by atoms with Crippen LogP contribution in [-0.2, 0) is 20.9 Å². The van der Waals surface area contributed by atoms with Crippen LogP contribution in [0.3, 0.4) is 0 Å². The number of anilines is 1. The Balaban J connectivity index is 2.06. The number of ether oxygens (including phenoxy) is 1. The van der Waals surface area contributed by atoms with Crippen LogP contribution in [0, 0.1) is 36.9 Å². The van der Waals surface area contributed by atoms with Gasteiger partial charge in [0, 0.05) is 22.4 Å². The highest BCUT2D eigenvalue weighted by Crippen LogP contribution is 2.21. The maximum atomic E-state index is 13.8. The smallest absolute Gasteiger partial charge is 0.349 e. The number of amides is 1. The molecule has 0 saturated carbocycles. The van der Waals surface area contributed by atoms with Crippen LogP contribution in [0.4, 0.5) is 10.1 Å². The van der Waals surface area contributed by atoms with Gasteiger partial charge in [0.2, 0.25) is 0 Å². The zero-order valence-electron chi connectivity index (χ0n) is 17.3. The number of benzene rings is 1. The van der Waals surface area contributed by atoms with Crippen LogP contribution in [-0.4, -0.2) is 23.1 Å². The highest BCUT2D eigenvalue weighted by molar-refractivity contribution is 9.10. The van der Waals surface area contributed by atoms with E-state index in [-0.39, 0.29) is 11.3 Å². The van der Waals surface area contributed by atoms with E-state index in [0.717, 1.165) is 23.5 Å². The van der Waals surface area contributed by atoms with E-state index in [4.69, 9.17) is 4.74 Å². The molecule has 1 amide bonds. The molecule has 2 rings (SSSR count). The lowest BCUT2D eigenvalue weighted by atomic mass is 10.1. The molecule has 0 fully saturated rings. The number of carbonyl (C=O) groups is 2. The summed E-state index contributed by atoms with van der Waals surface area (Å²) in [4.78, 5) is 24.2. The number of hydrogen-bond acceptors (Lipinski definition) is 4. The van der Waals surface area contributed by atoms with E-state index in [1.165, 1.54) is 18.2 Å². The Morgan fingerprint density at radius 1 is 1.33 bits per heavy atom. The van der Waals surface area contributed by atoms with Gasteiger partial charge in [-0.3, -0.25) is 4.79 Å². The maximum Gasteiger partial charge on any atom is 0.349 e. The summed E-state index contributed by atoms with van der Waals surface area (Å²) in [6.07, 6.45) is 1.45. The molecule has 2 aromatic rings. The van der Waals surface area contributed by atoms with Gasteiger partial charge in [0.1, 0.15) is 17.5 Å². The first-order valence-electron chi connectivity index (χ1n) is 9.33. The van der Waals surface area contributed by atoms with Crippen LogP contribution in [0.5, 0.6) is 0 Å². The average molecular weight is 476 g/mol. The van der Waals surface area contributed by atoms with Crippen molar-refractivity contribution in [1.82, 2.24) is 4.57 Å². The summed E-state index contributed by atoms with van der Waals surface area (Å²) >= 11 is 3.13. The van der Waals surface area contributed by atoms with Gasteiger partial charge in [-0.1, -0.05) is 29.8 Å². The third-order valence-electron chi connectivity index (χ3n) is 4.34. The minimum Gasteiger partial charge on any atom is -0.451 e. The quantitative estimate of drug-likeness (QED) is 0.355. The molecule has 0 atom stereocenters. The maximum absolute atomic E-state index is 13.8. The Morgan fingerprint density at radius 2 is 2.03 bits per heavy atom. The first-order chi connectivity index (χ1) is 14.1. The summed E-state index contributed by atoms with van der Waals surface area (Å²) in [5.74, 6) is -1.81. The van der Waals surface area contributed by atoms with E-state index in [1.807, 2.05) is 26.0 Å². The lowest BCUT2D eigenvalue weighted by molar-refractivity contribution is -0.142. The second-order valence-electron chi connectivity index (χ2n) is 7.25. The van der Waals surface area contributed by atoms with Crippen molar-refractivity contribution in [2.24, 2.45) is 5.92 Å². The summed E-state index contributed by atoms with van der Waals surface area (Å²) in [5, 5.41) is 11.7. The van der Waals surface area contributed by atoms with E-state index in [0.29, 0.717) is 10.4 Å². The Morgan fingerprint density at radius 3 is 2.63 bits per heavy atom. The van der Waals surface area contributed by atoms with Crippen molar-refractivity contribution in [3.63, 3.8) is 0 Å². The molecule has 0 radical (unpaired) electrons. The lowest BCUT2D eigenvalue weighted by Crippen LogP contribution is -2.21. The summed E-state index contributed by atoms with van der Waals surface area (Å²) in [6.45, 7) is 8.28. The SMILES string of the molecule is Cc1cc(C=C(C#N)C(=O)OCC(=O)Nc2ccc(Br)cc2F)c(C)n1CC(C)C. The van der Waals surface area contributed by atoms with E-state index in [2.05, 4.69) is 39.7 Å². The predicted octanol–water partition coefficient (Wildman–Crippen LogP) is 4.75. The van der Waals surface area contributed by atoms with E-state index in [1.54, 1.807) is 6.07 Å². The van der Waals surface area contributed by atoms with Crippen molar-refractivity contribution >= 4 is 39.6 Å². The van der Waals surface area contributed by atoms with Crippen LogP contribution >= 0.6 is 15.9 Å². The van der Waals surface area contributed by atoms with Crippen molar-refractivity contribution in [2.45, 2.75) is 34.2 Å². The first-order valence-corrected chi connectivity index (χ1v) is 10.1. The number of hydrogen-bond donors (Lipinski definition) is 1. The molecule has 30 heavy (non-hydrogen) atoms. The van der Waals surface area contributed by atoms with Crippen molar-refractivity contribution in [1.29, 1.82) is 5.26 Å². The van der Waals surface area contributed by atoms with Crippen molar-refractivity contribution in [3.05, 3.63) is 57.1 Å². The third kappa shape index (κ3) is 6.04. The largest absolute Gasteiger partial charge is 0.451 e. The van der Waals surface area contributed by atoms with Gasteiger partial charge >= 0.3 is 5.97 Å².